The summed E-state index contributed by atoms with van der Waals surface area (Å²) in [6.45, 7) is 2.19. The Balaban J connectivity index is 2.08. The predicted octanol–water partition coefficient (Wildman–Crippen LogP) is 5.33. The van der Waals surface area contributed by atoms with Gasteiger partial charge in [0.25, 0.3) is 10.1 Å². The summed E-state index contributed by atoms with van der Waals surface area (Å²) in [5.41, 5.74) is 0.954. The van der Waals surface area contributed by atoms with Crippen molar-refractivity contribution in [1.82, 2.24) is 0 Å². The zero-order valence-electron chi connectivity index (χ0n) is 15.0. The van der Waals surface area contributed by atoms with Crippen molar-refractivity contribution in [3.8, 4) is 17.2 Å². The van der Waals surface area contributed by atoms with Gasteiger partial charge < -0.3 is 9.84 Å². The first-order valence-corrected chi connectivity index (χ1v) is 10.4. The van der Waals surface area contributed by atoms with Gasteiger partial charge in [0.2, 0.25) is 0 Å². The molecule has 0 aliphatic rings. The van der Waals surface area contributed by atoms with Crippen LogP contribution in [-0.2, 0) is 16.5 Å². The number of rotatable bonds is 10. The molecule has 0 aliphatic heterocycles. The van der Waals surface area contributed by atoms with Crippen LogP contribution in [-0.4, -0.2) is 18.1 Å². The summed E-state index contributed by atoms with van der Waals surface area (Å²) in [6, 6.07) is 10.6. The molecule has 0 bridgehead atoms. The fourth-order valence-electron chi connectivity index (χ4n) is 2.77. The van der Waals surface area contributed by atoms with Crippen LogP contribution in [0.1, 0.15) is 51.0 Å². The number of ether oxygens (including phenoxy) is 1. The van der Waals surface area contributed by atoms with E-state index >= 15 is 0 Å². The van der Waals surface area contributed by atoms with Gasteiger partial charge in [0, 0.05) is 12.1 Å². The van der Waals surface area contributed by atoms with E-state index in [0.29, 0.717) is 5.75 Å². The number of hydrogen-bond acceptors (Lipinski definition) is 4. The Morgan fingerprint density at radius 2 is 1.69 bits per heavy atom. The maximum absolute atomic E-state index is 11.3. The Morgan fingerprint density at radius 3 is 2.42 bits per heavy atom. The molecule has 0 unspecified atom stereocenters. The SMILES string of the molecule is CCCCCCCCc1ccc(O)cc1Oc1cccc(S(=O)(=O)O)c1. The highest BCUT2D eigenvalue weighted by molar-refractivity contribution is 7.85. The third-order valence-corrected chi connectivity index (χ3v) is 5.03. The monoisotopic (exact) mass is 378 g/mol. The lowest BCUT2D eigenvalue weighted by Gasteiger charge is -2.12. The van der Waals surface area contributed by atoms with Gasteiger partial charge in [0.05, 0.1) is 4.90 Å². The van der Waals surface area contributed by atoms with Crippen molar-refractivity contribution in [3.63, 3.8) is 0 Å². The summed E-state index contributed by atoms with van der Waals surface area (Å²) in [6.07, 6.45) is 7.92. The van der Waals surface area contributed by atoms with Gasteiger partial charge in [-0.05, 0) is 36.6 Å². The van der Waals surface area contributed by atoms with Crippen LogP contribution in [0.25, 0.3) is 0 Å². The Hall–Kier alpha value is -2.05. The van der Waals surface area contributed by atoms with Gasteiger partial charge in [-0.3, -0.25) is 4.55 Å². The standard InChI is InChI=1S/C20H26O5S/c1-2-3-4-5-6-7-9-16-12-13-17(21)14-20(16)25-18-10-8-11-19(15-18)26(22,23)24/h8,10-15,21H,2-7,9H2,1H3,(H,22,23,24). The smallest absolute Gasteiger partial charge is 0.294 e. The molecular weight excluding hydrogens is 352 g/mol. The van der Waals surface area contributed by atoms with E-state index in [1.807, 2.05) is 6.07 Å². The van der Waals surface area contributed by atoms with Gasteiger partial charge in [-0.15, -0.1) is 0 Å². The summed E-state index contributed by atoms with van der Waals surface area (Å²) in [4.78, 5) is -0.229. The summed E-state index contributed by atoms with van der Waals surface area (Å²) in [5, 5.41) is 9.75. The van der Waals surface area contributed by atoms with Gasteiger partial charge in [0.15, 0.2) is 0 Å². The fourth-order valence-corrected chi connectivity index (χ4v) is 3.28. The summed E-state index contributed by atoms with van der Waals surface area (Å²) >= 11 is 0. The molecule has 0 atom stereocenters. The third kappa shape index (κ3) is 6.35. The Morgan fingerprint density at radius 1 is 0.962 bits per heavy atom. The Kier molecular flexibility index (Phi) is 7.48. The molecule has 5 nitrogen and oxygen atoms in total. The molecule has 2 aromatic carbocycles. The van der Waals surface area contributed by atoms with Crippen molar-refractivity contribution >= 4 is 10.1 Å². The largest absolute Gasteiger partial charge is 0.508 e. The molecule has 142 valence electrons. The molecule has 2 N–H and O–H groups in total. The molecule has 0 heterocycles. The van der Waals surface area contributed by atoms with Crippen LogP contribution in [0.15, 0.2) is 47.4 Å². The van der Waals surface area contributed by atoms with E-state index in [4.69, 9.17) is 9.29 Å². The fraction of sp³-hybridized carbons (Fsp3) is 0.400. The van der Waals surface area contributed by atoms with Crippen LogP contribution in [0, 0.1) is 0 Å². The summed E-state index contributed by atoms with van der Waals surface area (Å²) in [7, 11) is -4.29. The molecular formula is C20H26O5S. The quantitative estimate of drug-likeness (QED) is 0.431. The minimum absolute atomic E-state index is 0.0811. The molecule has 6 heteroatoms. The lowest BCUT2D eigenvalue weighted by molar-refractivity contribution is 0.448. The van der Waals surface area contributed by atoms with E-state index in [2.05, 4.69) is 6.92 Å². The van der Waals surface area contributed by atoms with E-state index in [0.717, 1.165) is 24.8 Å². The Labute approximate surface area is 155 Å². The lowest BCUT2D eigenvalue weighted by atomic mass is 10.0. The van der Waals surface area contributed by atoms with Crippen LogP contribution in [0.3, 0.4) is 0 Å². The minimum atomic E-state index is -4.29. The number of phenolic OH excluding ortho intramolecular Hbond substituents is 1. The first-order valence-electron chi connectivity index (χ1n) is 8.97. The van der Waals surface area contributed by atoms with Crippen LogP contribution < -0.4 is 4.74 Å². The van der Waals surface area contributed by atoms with Crippen molar-refractivity contribution in [2.45, 2.75) is 56.8 Å². The highest BCUT2D eigenvalue weighted by Crippen LogP contribution is 2.31. The number of benzene rings is 2. The normalized spacial score (nSPS) is 11.5. The molecule has 0 saturated heterocycles. The van der Waals surface area contributed by atoms with Crippen molar-refractivity contribution in [2.24, 2.45) is 0 Å². The highest BCUT2D eigenvalue weighted by Gasteiger charge is 2.12. The van der Waals surface area contributed by atoms with Crippen molar-refractivity contribution < 1.29 is 22.8 Å². The number of unbranched alkanes of at least 4 members (excludes halogenated alkanes) is 5. The third-order valence-electron chi connectivity index (χ3n) is 4.18. The lowest BCUT2D eigenvalue weighted by Crippen LogP contribution is -1.98. The van der Waals surface area contributed by atoms with E-state index in [1.165, 1.54) is 49.9 Å². The van der Waals surface area contributed by atoms with E-state index < -0.39 is 10.1 Å². The van der Waals surface area contributed by atoms with Crippen molar-refractivity contribution in [3.05, 3.63) is 48.0 Å². The van der Waals surface area contributed by atoms with Crippen molar-refractivity contribution in [2.75, 3.05) is 0 Å². The van der Waals surface area contributed by atoms with E-state index in [1.54, 1.807) is 12.1 Å². The van der Waals surface area contributed by atoms with Gasteiger partial charge in [0.1, 0.15) is 17.2 Å². The number of aromatic hydroxyl groups is 1. The van der Waals surface area contributed by atoms with Gasteiger partial charge >= 0.3 is 0 Å². The van der Waals surface area contributed by atoms with E-state index in [9.17, 15) is 13.5 Å². The predicted molar refractivity (Wildman–Crippen MR) is 102 cm³/mol. The molecule has 2 aromatic rings. The molecule has 0 aromatic heterocycles. The number of phenols is 1. The first kappa shape index (κ1) is 20.3. The highest BCUT2D eigenvalue weighted by atomic mass is 32.2. The van der Waals surface area contributed by atoms with Crippen molar-refractivity contribution in [1.29, 1.82) is 0 Å². The van der Waals surface area contributed by atoms with E-state index in [-0.39, 0.29) is 16.4 Å². The second-order valence-electron chi connectivity index (χ2n) is 6.36. The van der Waals surface area contributed by atoms with Crippen LogP contribution in [0.5, 0.6) is 17.2 Å². The first-order chi connectivity index (χ1) is 12.4. The van der Waals surface area contributed by atoms with Crippen LogP contribution in [0.4, 0.5) is 0 Å². The minimum Gasteiger partial charge on any atom is -0.508 e. The number of aryl methyl sites for hydroxylation is 1. The van der Waals surface area contributed by atoms with Gasteiger partial charge in [-0.25, -0.2) is 0 Å². The molecule has 0 radical (unpaired) electrons. The molecule has 0 fully saturated rings. The van der Waals surface area contributed by atoms with Gasteiger partial charge in [-0.1, -0.05) is 51.2 Å². The van der Waals surface area contributed by atoms with Gasteiger partial charge in [-0.2, -0.15) is 8.42 Å². The Bertz CT molecular complexity index is 815. The second-order valence-corrected chi connectivity index (χ2v) is 7.78. The maximum atomic E-state index is 11.3. The molecule has 0 spiro atoms. The zero-order chi connectivity index (χ0) is 19.0. The molecule has 0 aliphatic carbocycles. The average molecular weight is 378 g/mol. The molecule has 0 saturated carbocycles. The molecule has 0 amide bonds. The average Bonchev–Trinajstić information content (AvgIpc) is 2.59. The van der Waals surface area contributed by atoms with Crippen LogP contribution in [0.2, 0.25) is 0 Å². The second kappa shape index (κ2) is 9.59. The topological polar surface area (TPSA) is 83.8 Å². The summed E-state index contributed by atoms with van der Waals surface area (Å²) < 4.78 is 37.5. The maximum Gasteiger partial charge on any atom is 0.294 e. The summed E-state index contributed by atoms with van der Waals surface area (Å²) in [5.74, 6) is 0.860. The zero-order valence-corrected chi connectivity index (χ0v) is 15.8. The number of hydrogen-bond donors (Lipinski definition) is 2. The van der Waals surface area contributed by atoms with Crippen LogP contribution >= 0.6 is 0 Å². The molecule has 2 rings (SSSR count). The molecule has 26 heavy (non-hydrogen) atoms.